The lowest BCUT2D eigenvalue weighted by molar-refractivity contribution is 0.167. The van der Waals surface area contributed by atoms with Gasteiger partial charge in [0, 0.05) is 5.39 Å². The summed E-state index contributed by atoms with van der Waals surface area (Å²) in [5.41, 5.74) is 1.00. The van der Waals surface area contributed by atoms with Crippen molar-refractivity contribution >= 4 is 11.0 Å². The summed E-state index contributed by atoms with van der Waals surface area (Å²) in [5, 5.41) is 4.49. The molecule has 0 radical (unpaired) electrons. The first kappa shape index (κ1) is 12.7. The van der Waals surface area contributed by atoms with Crippen LogP contribution in [-0.2, 0) is 6.54 Å². The molecule has 0 bridgehead atoms. The highest BCUT2D eigenvalue weighted by Gasteiger charge is 2.19. The molecule has 1 fully saturated rings. The molecule has 3 rings (SSSR count). The summed E-state index contributed by atoms with van der Waals surface area (Å²) in [4.78, 5) is 2.50. The Morgan fingerprint density at radius 3 is 2.79 bits per heavy atom. The van der Waals surface area contributed by atoms with Crippen molar-refractivity contribution in [2.24, 2.45) is 5.92 Å². The predicted molar refractivity (Wildman–Crippen MR) is 78.1 cm³/mol. The number of para-hydroxylation sites is 1. The zero-order valence-corrected chi connectivity index (χ0v) is 11.6. The van der Waals surface area contributed by atoms with Crippen LogP contribution in [0.2, 0.25) is 0 Å². The molecule has 1 N–H and O–H groups in total. The Morgan fingerprint density at radius 2 is 2.05 bits per heavy atom. The Hall–Kier alpha value is -1.32. The monoisotopic (exact) mass is 258 g/mol. The van der Waals surface area contributed by atoms with Crippen LogP contribution in [0.1, 0.15) is 18.6 Å². The Bertz CT molecular complexity index is 493. The molecule has 2 aromatic rings. The van der Waals surface area contributed by atoms with Crippen molar-refractivity contribution in [2.75, 3.05) is 26.7 Å². The summed E-state index contributed by atoms with van der Waals surface area (Å²) in [6.45, 7) is 4.46. The molecule has 1 aromatic heterocycles. The molecular formula is C16H22N2O. The smallest absolute Gasteiger partial charge is 0.134 e. The van der Waals surface area contributed by atoms with E-state index in [0.717, 1.165) is 30.4 Å². The second-order valence-corrected chi connectivity index (χ2v) is 5.53. The van der Waals surface area contributed by atoms with E-state index in [9.17, 15) is 0 Å². The number of fused-ring (bicyclic) bond motifs is 1. The summed E-state index contributed by atoms with van der Waals surface area (Å²) < 4.78 is 5.89. The van der Waals surface area contributed by atoms with Crippen LogP contribution < -0.4 is 5.32 Å². The van der Waals surface area contributed by atoms with Gasteiger partial charge in [0.25, 0.3) is 0 Å². The van der Waals surface area contributed by atoms with Crippen molar-refractivity contribution in [1.82, 2.24) is 10.2 Å². The third-order valence-corrected chi connectivity index (χ3v) is 4.06. The highest BCUT2D eigenvalue weighted by Crippen LogP contribution is 2.22. The van der Waals surface area contributed by atoms with Crippen molar-refractivity contribution in [3.63, 3.8) is 0 Å². The number of piperidine rings is 1. The average Bonchev–Trinajstić information content (AvgIpc) is 2.83. The number of benzene rings is 1. The molecule has 0 spiro atoms. The van der Waals surface area contributed by atoms with Gasteiger partial charge in [-0.3, -0.25) is 4.90 Å². The van der Waals surface area contributed by atoms with Gasteiger partial charge in [0.15, 0.2) is 0 Å². The fraction of sp³-hybridized carbons (Fsp3) is 0.500. The second-order valence-electron chi connectivity index (χ2n) is 5.53. The molecule has 3 nitrogen and oxygen atoms in total. The number of nitrogens with one attached hydrogen (secondary N) is 1. The van der Waals surface area contributed by atoms with E-state index in [1.54, 1.807) is 0 Å². The fourth-order valence-electron chi connectivity index (χ4n) is 2.97. The van der Waals surface area contributed by atoms with Crippen molar-refractivity contribution < 1.29 is 4.42 Å². The SMILES string of the molecule is CNCC1CCN(Cc2cc3ccccc3o2)CC1. The number of nitrogens with zero attached hydrogens (tertiary/aromatic N) is 1. The molecule has 1 aliphatic heterocycles. The number of hydrogen-bond donors (Lipinski definition) is 1. The maximum atomic E-state index is 5.89. The summed E-state index contributed by atoms with van der Waals surface area (Å²) in [6.07, 6.45) is 2.59. The Kier molecular flexibility index (Phi) is 3.85. The highest BCUT2D eigenvalue weighted by atomic mass is 16.3. The topological polar surface area (TPSA) is 28.4 Å². The molecule has 1 aromatic carbocycles. The Labute approximate surface area is 114 Å². The zero-order chi connectivity index (χ0) is 13.1. The average molecular weight is 258 g/mol. The van der Waals surface area contributed by atoms with E-state index in [1.165, 1.54) is 31.3 Å². The Balaban J connectivity index is 1.60. The van der Waals surface area contributed by atoms with Crippen LogP contribution >= 0.6 is 0 Å². The lowest BCUT2D eigenvalue weighted by Gasteiger charge is -2.31. The maximum absolute atomic E-state index is 5.89. The van der Waals surface area contributed by atoms with E-state index in [2.05, 4.69) is 28.4 Å². The predicted octanol–water partition coefficient (Wildman–Crippen LogP) is 2.86. The molecule has 19 heavy (non-hydrogen) atoms. The minimum Gasteiger partial charge on any atom is -0.460 e. The summed E-state index contributed by atoms with van der Waals surface area (Å²) in [5.74, 6) is 1.94. The van der Waals surface area contributed by atoms with Crippen molar-refractivity contribution in [3.8, 4) is 0 Å². The lowest BCUT2D eigenvalue weighted by atomic mass is 9.97. The van der Waals surface area contributed by atoms with Crippen molar-refractivity contribution in [2.45, 2.75) is 19.4 Å². The Morgan fingerprint density at radius 1 is 1.26 bits per heavy atom. The van der Waals surface area contributed by atoms with Crippen LogP contribution in [0.25, 0.3) is 11.0 Å². The van der Waals surface area contributed by atoms with Gasteiger partial charge >= 0.3 is 0 Å². The summed E-state index contributed by atoms with van der Waals surface area (Å²) >= 11 is 0. The molecule has 1 saturated heterocycles. The van der Waals surface area contributed by atoms with E-state index in [-0.39, 0.29) is 0 Å². The summed E-state index contributed by atoms with van der Waals surface area (Å²) in [6, 6.07) is 10.4. The highest BCUT2D eigenvalue weighted by molar-refractivity contribution is 5.77. The van der Waals surface area contributed by atoms with Crippen molar-refractivity contribution in [1.29, 1.82) is 0 Å². The molecule has 0 unspecified atom stereocenters. The fourth-order valence-corrected chi connectivity index (χ4v) is 2.97. The van der Waals surface area contributed by atoms with Crippen LogP contribution in [0.5, 0.6) is 0 Å². The van der Waals surface area contributed by atoms with Crippen LogP contribution in [0.15, 0.2) is 34.7 Å². The van der Waals surface area contributed by atoms with Gasteiger partial charge in [0.2, 0.25) is 0 Å². The van der Waals surface area contributed by atoms with Gasteiger partial charge in [-0.05, 0) is 57.6 Å². The minimum absolute atomic E-state index is 0.844. The van der Waals surface area contributed by atoms with Crippen LogP contribution in [0, 0.1) is 5.92 Å². The first-order chi connectivity index (χ1) is 9.35. The molecule has 0 amide bonds. The van der Waals surface area contributed by atoms with Crippen LogP contribution in [0.3, 0.4) is 0 Å². The van der Waals surface area contributed by atoms with E-state index in [1.807, 2.05) is 19.2 Å². The lowest BCUT2D eigenvalue weighted by Crippen LogP contribution is -2.36. The maximum Gasteiger partial charge on any atom is 0.134 e. The van der Waals surface area contributed by atoms with Crippen molar-refractivity contribution in [3.05, 3.63) is 36.1 Å². The number of likely N-dealkylation sites (tertiary alicyclic amines) is 1. The molecule has 2 heterocycles. The van der Waals surface area contributed by atoms with E-state index in [4.69, 9.17) is 4.42 Å². The molecule has 102 valence electrons. The molecule has 3 heteroatoms. The van der Waals surface area contributed by atoms with Crippen LogP contribution in [-0.4, -0.2) is 31.6 Å². The van der Waals surface area contributed by atoms with E-state index >= 15 is 0 Å². The molecule has 0 saturated carbocycles. The number of furan rings is 1. The van der Waals surface area contributed by atoms with Gasteiger partial charge in [0.05, 0.1) is 6.54 Å². The van der Waals surface area contributed by atoms with Gasteiger partial charge in [0.1, 0.15) is 11.3 Å². The molecule has 1 aliphatic rings. The van der Waals surface area contributed by atoms with Gasteiger partial charge in [-0.25, -0.2) is 0 Å². The van der Waals surface area contributed by atoms with E-state index in [0.29, 0.717) is 0 Å². The largest absolute Gasteiger partial charge is 0.460 e. The normalized spacial score (nSPS) is 18.2. The first-order valence-electron chi connectivity index (χ1n) is 7.19. The van der Waals surface area contributed by atoms with Gasteiger partial charge in [-0.2, -0.15) is 0 Å². The molecule has 0 atom stereocenters. The quantitative estimate of drug-likeness (QED) is 0.914. The minimum atomic E-state index is 0.844. The molecule has 0 aliphatic carbocycles. The van der Waals surface area contributed by atoms with Gasteiger partial charge in [-0.1, -0.05) is 18.2 Å². The third kappa shape index (κ3) is 2.99. The third-order valence-electron chi connectivity index (χ3n) is 4.06. The van der Waals surface area contributed by atoms with E-state index < -0.39 is 0 Å². The number of hydrogen-bond acceptors (Lipinski definition) is 3. The second kappa shape index (κ2) is 5.76. The van der Waals surface area contributed by atoms with Gasteiger partial charge < -0.3 is 9.73 Å². The zero-order valence-electron chi connectivity index (χ0n) is 11.6. The standard InChI is InChI=1S/C16H22N2O/c1-17-11-13-6-8-18(9-7-13)12-15-10-14-4-2-3-5-16(14)19-15/h2-5,10,13,17H,6-9,11-12H2,1H3. The molecular weight excluding hydrogens is 236 g/mol. The first-order valence-corrected chi connectivity index (χ1v) is 7.19. The summed E-state index contributed by atoms with van der Waals surface area (Å²) in [7, 11) is 2.04. The number of rotatable bonds is 4. The van der Waals surface area contributed by atoms with Gasteiger partial charge in [-0.15, -0.1) is 0 Å². The van der Waals surface area contributed by atoms with Crippen LogP contribution in [0.4, 0.5) is 0 Å².